The predicted octanol–water partition coefficient (Wildman–Crippen LogP) is 2.03. The highest BCUT2D eigenvalue weighted by atomic mass is 32.2. The first-order chi connectivity index (χ1) is 12.5. The second kappa shape index (κ2) is 8.12. The molecule has 2 heterocycles. The van der Waals surface area contributed by atoms with E-state index in [1.165, 1.54) is 16.7 Å². The number of thioether (sulfide) groups is 1. The van der Waals surface area contributed by atoms with Crippen LogP contribution in [0, 0.1) is 0 Å². The third-order valence-corrected chi connectivity index (χ3v) is 5.77. The number of para-hydroxylation sites is 1. The summed E-state index contributed by atoms with van der Waals surface area (Å²) in [5, 5.41) is 2.00. The average molecular weight is 375 g/mol. The van der Waals surface area contributed by atoms with Crippen LogP contribution >= 0.6 is 11.8 Å². The maximum Gasteiger partial charge on any atom is 0.250 e. The molecule has 7 heteroatoms. The monoisotopic (exact) mass is 375 g/mol. The predicted molar refractivity (Wildman–Crippen MR) is 102 cm³/mol. The molecule has 0 aliphatic carbocycles. The summed E-state index contributed by atoms with van der Waals surface area (Å²) in [6, 6.07) is 7.45. The minimum absolute atomic E-state index is 0.00205. The van der Waals surface area contributed by atoms with Crippen molar-refractivity contribution in [2.24, 2.45) is 0 Å². The van der Waals surface area contributed by atoms with Crippen molar-refractivity contribution >= 4 is 35.2 Å². The molecular formula is C19H25N3O3S. The van der Waals surface area contributed by atoms with Gasteiger partial charge < -0.3 is 15.1 Å². The van der Waals surface area contributed by atoms with Crippen molar-refractivity contribution in [2.45, 2.75) is 49.3 Å². The summed E-state index contributed by atoms with van der Waals surface area (Å²) in [7, 11) is 0. The SMILES string of the molecule is CC(C)NC(=O)CN1C(=O)C(C(=O)N2CCCCC2)Sc2ccccc21. The number of anilines is 1. The summed E-state index contributed by atoms with van der Waals surface area (Å²) >= 11 is 1.30. The molecule has 1 saturated heterocycles. The Bertz CT molecular complexity index is 701. The standard InChI is InChI=1S/C19H25N3O3S/c1-13(2)20-16(23)12-22-14-8-4-5-9-15(14)26-17(19(22)25)18(24)21-10-6-3-7-11-21/h4-5,8-9,13,17H,3,6-7,10-12H2,1-2H3,(H,20,23). The van der Waals surface area contributed by atoms with Crippen LogP contribution in [0.25, 0.3) is 0 Å². The molecule has 2 aliphatic rings. The molecule has 26 heavy (non-hydrogen) atoms. The van der Waals surface area contributed by atoms with Crippen molar-refractivity contribution in [3.05, 3.63) is 24.3 Å². The first kappa shape index (κ1) is 18.8. The Hall–Kier alpha value is -2.02. The van der Waals surface area contributed by atoms with Gasteiger partial charge in [-0.15, -0.1) is 11.8 Å². The molecule has 1 unspecified atom stereocenters. The van der Waals surface area contributed by atoms with Crippen molar-refractivity contribution in [1.29, 1.82) is 0 Å². The number of carbonyl (C=O) groups is 3. The maximum absolute atomic E-state index is 13.1. The largest absolute Gasteiger partial charge is 0.352 e. The lowest BCUT2D eigenvalue weighted by molar-refractivity contribution is -0.135. The fraction of sp³-hybridized carbons (Fsp3) is 0.526. The van der Waals surface area contributed by atoms with Gasteiger partial charge >= 0.3 is 0 Å². The Morgan fingerprint density at radius 1 is 1.19 bits per heavy atom. The highest BCUT2D eigenvalue weighted by Crippen LogP contribution is 2.39. The Morgan fingerprint density at radius 2 is 1.88 bits per heavy atom. The maximum atomic E-state index is 13.1. The second-order valence-electron chi connectivity index (χ2n) is 7.00. The van der Waals surface area contributed by atoms with Gasteiger partial charge in [0, 0.05) is 24.0 Å². The number of nitrogens with zero attached hydrogens (tertiary/aromatic N) is 2. The molecule has 1 aromatic rings. The minimum atomic E-state index is -0.810. The van der Waals surface area contributed by atoms with Crippen molar-refractivity contribution in [3.63, 3.8) is 0 Å². The van der Waals surface area contributed by atoms with Crippen LogP contribution in [0.15, 0.2) is 29.2 Å². The highest BCUT2D eigenvalue weighted by Gasteiger charge is 2.40. The number of nitrogens with one attached hydrogen (secondary N) is 1. The lowest BCUT2D eigenvalue weighted by Gasteiger charge is -2.36. The number of carbonyl (C=O) groups excluding carboxylic acids is 3. The Kier molecular flexibility index (Phi) is 5.86. The number of piperidine rings is 1. The molecule has 0 saturated carbocycles. The molecule has 3 rings (SSSR count). The number of hydrogen-bond donors (Lipinski definition) is 1. The Balaban J connectivity index is 1.84. The van der Waals surface area contributed by atoms with Crippen LogP contribution in [0.1, 0.15) is 33.1 Å². The van der Waals surface area contributed by atoms with Gasteiger partial charge in [-0.05, 0) is 45.2 Å². The van der Waals surface area contributed by atoms with Crippen LogP contribution in [-0.4, -0.2) is 53.5 Å². The Labute approximate surface area is 158 Å². The van der Waals surface area contributed by atoms with Crippen molar-refractivity contribution < 1.29 is 14.4 Å². The van der Waals surface area contributed by atoms with E-state index in [4.69, 9.17) is 0 Å². The van der Waals surface area contributed by atoms with Crippen molar-refractivity contribution in [2.75, 3.05) is 24.5 Å². The molecule has 140 valence electrons. The molecule has 0 spiro atoms. The lowest BCUT2D eigenvalue weighted by Crippen LogP contribution is -2.53. The highest BCUT2D eigenvalue weighted by molar-refractivity contribution is 8.01. The summed E-state index contributed by atoms with van der Waals surface area (Å²) < 4.78 is 0. The van der Waals surface area contributed by atoms with Crippen LogP contribution in [0.2, 0.25) is 0 Å². The first-order valence-corrected chi connectivity index (χ1v) is 10.0. The smallest absolute Gasteiger partial charge is 0.250 e. The summed E-state index contributed by atoms with van der Waals surface area (Å²) in [6.45, 7) is 5.10. The fourth-order valence-electron chi connectivity index (χ4n) is 3.33. The van der Waals surface area contributed by atoms with Gasteiger partial charge in [-0.25, -0.2) is 0 Å². The van der Waals surface area contributed by atoms with Crippen LogP contribution in [0.4, 0.5) is 5.69 Å². The van der Waals surface area contributed by atoms with Gasteiger partial charge in [0.1, 0.15) is 6.54 Å². The molecule has 2 aliphatic heterocycles. The zero-order valence-corrected chi connectivity index (χ0v) is 16.1. The quantitative estimate of drug-likeness (QED) is 0.818. The number of fused-ring (bicyclic) bond motifs is 1. The van der Waals surface area contributed by atoms with E-state index in [1.807, 2.05) is 38.1 Å². The number of likely N-dealkylation sites (tertiary alicyclic amines) is 1. The molecule has 1 atom stereocenters. The molecule has 1 aromatic carbocycles. The van der Waals surface area contributed by atoms with E-state index in [9.17, 15) is 14.4 Å². The molecule has 6 nitrogen and oxygen atoms in total. The number of rotatable bonds is 4. The van der Waals surface area contributed by atoms with E-state index in [2.05, 4.69) is 5.32 Å². The number of hydrogen-bond acceptors (Lipinski definition) is 4. The van der Waals surface area contributed by atoms with Gasteiger partial charge in [0.15, 0.2) is 5.25 Å². The molecule has 0 radical (unpaired) electrons. The van der Waals surface area contributed by atoms with E-state index >= 15 is 0 Å². The van der Waals surface area contributed by atoms with Crippen molar-refractivity contribution in [1.82, 2.24) is 10.2 Å². The van der Waals surface area contributed by atoms with Gasteiger partial charge in [-0.2, -0.15) is 0 Å². The van der Waals surface area contributed by atoms with E-state index in [0.29, 0.717) is 18.8 Å². The third kappa shape index (κ3) is 4.03. The van der Waals surface area contributed by atoms with Gasteiger partial charge in [0.2, 0.25) is 11.8 Å². The number of amides is 3. The topological polar surface area (TPSA) is 69.7 Å². The van der Waals surface area contributed by atoms with E-state index in [-0.39, 0.29) is 30.3 Å². The van der Waals surface area contributed by atoms with Gasteiger partial charge in [0.05, 0.1) is 5.69 Å². The van der Waals surface area contributed by atoms with Crippen molar-refractivity contribution in [3.8, 4) is 0 Å². The summed E-state index contributed by atoms with van der Waals surface area (Å²) in [6.07, 6.45) is 3.09. The normalized spacial score (nSPS) is 20.1. The van der Waals surface area contributed by atoms with Crippen LogP contribution in [0.5, 0.6) is 0 Å². The molecule has 1 N–H and O–H groups in total. The van der Waals surface area contributed by atoms with Gasteiger partial charge in [0.25, 0.3) is 5.91 Å². The lowest BCUT2D eigenvalue weighted by atomic mass is 10.1. The Morgan fingerprint density at radius 3 is 2.58 bits per heavy atom. The zero-order chi connectivity index (χ0) is 18.7. The molecule has 1 fully saturated rings. The van der Waals surface area contributed by atoms with Crippen LogP contribution in [0.3, 0.4) is 0 Å². The fourth-order valence-corrected chi connectivity index (χ4v) is 4.52. The summed E-state index contributed by atoms with van der Waals surface area (Å²) in [4.78, 5) is 42.4. The third-order valence-electron chi connectivity index (χ3n) is 4.53. The zero-order valence-electron chi connectivity index (χ0n) is 15.2. The molecule has 0 aromatic heterocycles. The van der Waals surface area contributed by atoms with Crippen LogP contribution < -0.4 is 10.2 Å². The van der Waals surface area contributed by atoms with Gasteiger partial charge in [-0.1, -0.05) is 12.1 Å². The second-order valence-corrected chi connectivity index (χ2v) is 8.15. The molecular weight excluding hydrogens is 350 g/mol. The van der Waals surface area contributed by atoms with E-state index < -0.39 is 5.25 Å². The molecule has 0 bridgehead atoms. The number of benzene rings is 1. The minimum Gasteiger partial charge on any atom is -0.352 e. The average Bonchev–Trinajstić information content (AvgIpc) is 2.63. The van der Waals surface area contributed by atoms with Gasteiger partial charge in [-0.3, -0.25) is 14.4 Å². The van der Waals surface area contributed by atoms with E-state index in [1.54, 1.807) is 4.90 Å². The van der Waals surface area contributed by atoms with E-state index in [0.717, 1.165) is 24.2 Å². The first-order valence-electron chi connectivity index (χ1n) is 9.12. The molecule has 3 amide bonds. The summed E-state index contributed by atoms with van der Waals surface area (Å²) in [5.41, 5.74) is 0.698. The summed E-state index contributed by atoms with van der Waals surface area (Å²) in [5.74, 6) is -0.661. The van der Waals surface area contributed by atoms with Crippen LogP contribution in [-0.2, 0) is 14.4 Å².